The van der Waals surface area contributed by atoms with Gasteiger partial charge in [0, 0.05) is 19.7 Å². The summed E-state index contributed by atoms with van der Waals surface area (Å²) in [7, 11) is 0. The first kappa shape index (κ1) is 17.4. The average molecular weight is 332 g/mol. The number of likely N-dealkylation sites (tertiary alicyclic amines) is 1. The molecule has 2 aliphatic heterocycles. The molecule has 0 unspecified atom stereocenters. The number of carbonyl (C=O) groups is 1. The lowest BCUT2D eigenvalue weighted by Gasteiger charge is -2.34. The molecule has 2 aliphatic rings. The van der Waals surface area contributed by atoms with E-state index in [1.165, 1.54) is 12.8 Å². The molecule has 2 heterocycles. The Balaban J connectivity index is 1.42. The Labute approximate surface area is 144 Å². The predicted molar refractivity (Wildman–Crippen MR) is 92.5 cm³/mol. The molecule has 2 saturated heterocycles. The fraction of sp³-hybridized carbons (Fsp3) is 0.632. The van der Waals surface area contributed by atoms with Crippen molar-refractivity contribution in [2.24, 2.45) is 5.73 Å². The highest BCUT2D eigenvalue weighted by atomic mass is 16.5. The van der Waals surface area contributed by atoms with Gasteiger partial charge < -0.3 is 20.1 Å². The lowest BCUT2D eigenvalue weighted by Crippen LogP contribution is -2.45. The summed E-state index contributed by atoms with van der Waals surface area (Å²) in [5.74, 6) is 0.00950. The molecule has 2 atom stereocenters. The molecule has 1 aromatic carbocycles. The topological polar surface area (TPSA) is 64.8 Å². The number of ether oxygens (including phenoxy) is 2. The van der Waals surface area contributed by atoms with Crippen LogP contribution in [0.1, 0.15) is 43.7 Å². The van der Waals surface area contributed by atoms with Crippen molar-refractivity contribution in [3.8, 4) is 0 Å². The van der Waals surface area contributed by atoms with Crippen LogP contribution in [0.4, 0.5) is 0 Å². The summed E-state index contributed by atoms with van der Waals surface area (Å²) in [6.45, 7) is 2.98. The SMILES string of the molecule is N[C@H](C(=O)N1CCC(OC[C@H]2CCCCO2)CC1)c1ccccc1. The summed E-state index contributed by atoms with van der Waals surface area (Å²) >= 11 is 0. The standard InChI is InChI=1S/C19H28N2O3/c20-18(15-6-2-1-3-7-15)19(22)21-11-9-16(10-12-21)24-14-17-8-4-5-13-23-17/h1-3,6-7,16-18H,4-5,8-14,20H2/t17-,18+/m1/s1. The fourth-order valence-electron chi connectivity index (χ4n) is 3.42. The van der Waals surface area contributed by atoms with Crippen LogP contribution in [0.15, 0.2) is 30.3 Å². The summed E-state index contributed by atoms with van der Waals surface area (Å²) in [5, 5.41) is 0. The molecule has 1 amide bonds. The summed E-state index contributed by atoms with van der Waals surface area (Å²) in [5.41, 5.74) is 6.99. The molecule has 0 saturated carbocycles. The van der Waals surface area contributed by atoms with Gasteiger partial charge in [-0.25, -0.2) is 0 Å². The second kappa shape index (κ2) is 8.60. The number of piperidine rings is 1. The number of hydrogen-bond donors (Lipinski definition) is 1. The molecule has 5 nitrogen and oxygen atoms in total. The number of nitrogens with zero attached hydrogens (tertiary/aromatic N) is 1. The van der Waals surface area contributed by atoms with Gasteiger partial charge in [-0.1, -0.05) is 30.3 Å². The third-order valence-corrected chi connectivity index (χ3v) is 4.97. The summed E-state index contributed by atoms with van der Waals surface area (Å²) in [6.07, 6.45) is 5.73. The van der Waals surface area contributed by atoms with Gasteiger partial charge in [-0.2, -0.15) is 0 Å². The first-order valence-corrected chi connectivity index (χ1v) is 9.06. The van der Waals surface area contributed by atoms with Crippen LogP contribution in [0.5, 0.6) is 0 Å². The maximum atomic E-state index is 12.6. The van der Waals surface area contributed by atoms with Crippen LogP contribution in [0.25, 0.3) is 0 Å². The number of benzene rings is 1. The molecular formula is C19H28N2O3. The smallest absolute Gasteiger partial charge is 0.244 e. The van der Waals surface area contributed by atoms with Gasteiger partial charge in [0.1, 0.15) is 6.04 Å². The Morgan fingerprint density at radius 3 is 2.62 bits per heavy atom. The molecule has 3 rings (SSSR count). The van der Waals surface area contributed by atoms with Gasteiger partial charge in [-0.05, 0) is 37.7 Å². The zero-order valence-electron chi connectivity index (χ0n) is 14.2. The highest BCUT2D eigenvalue weighted by Crippen LogP contribution is 2.20. The van der Waals surface area contributed by atoms with Gasteiger partial charge in [0.15, 0.2) is 0 Å². The van der Waals surface area contributed by atoms with Crippen LogP contribution in [-0.2, 0) is 14.3 Å². The third-order valence-electron chi connectivity index (χ3n) is 4.97. The van der Waals surface area contributed by atoms with Gasteiger partial charge in [-0.3, -0.25) is 4.79 Å². The Bertz CT molecular complexity index is 509. The Morgan fingerprint density at radius 2 is 1.96 bits per heavy atom. The Hall–Kier alpha value is -1.43. The van der Waals surface area contributed by atoms with Crippen LogP contribution in [0.3, 0.4) is 0 Å². The van der Waals surface area contributed by atoms with Crippen molar-refractivity contribution in [3.05, 3.63) is 35.9 Å². The van der Waals surface area contributed by atoms with E-state index in [0.717, 1.165) is 44.5 Å². The van der Waals surface area contributed by atoms with Gasteiger partial charge in [-0.15, -0.1) is 0 Å². The molecule has 2 fully saturated rings. The van der Waals surface area contributed by atoms with E-state index in [0.29, 0.717) is 6.61 Å². The van der Waals surface area contributed by atoms with Crippen LogP contribution < -0.4 is 5.73 Å². The minimum Gasteiger partial charge on any atom is -0.376 e. The van der Waals surface area contributed by atoms with E-state index in [9.17, 15) is 4.79 Å². The molecule has 0 radical (unpaired) electrons. The van der Waals surface area contributed by atoms with E-state index in [-0.39, 0.29) is 18.1 Å². The number of nitrogens with two attached hydrogens (primary N) is 1. The molecule has 0 aliphatic carbocycles. The molecule has 132 valence electrons. The van der Waals surface area contributed by atoms with Crippen LogP contribution in [-0.4, -0.2) is 49.3 Å². The summed E-state index contributed by atoms with van der Waals surface area (Å²) in [4.78, 5) is 14.4. The lowest BCUT2D eigenvalue weighted by molar-refractivity contribution is -0.136. The zero-order chi connectivity index (χ0) is 16.8. The van der Waals surface area contributed by atoms with Gasteiger partial charge >= 0.3 is 0 Å². The quantitative estimate of drug-likeness (QED) is 0.898. The maximum Gasteiger partial charge on any atom is 0.244 e. The van der Waals surface area contributed by atoms with Crippen LogP contribution >= 0.6 is 0 Å². The highest BCUT2D eigenvalue weighted by Gasteiger charge is 2.28. The normalized spacial score (nSPS) is 23.9. The second-order valence-electron chi connectivity index (χ2n) is 6.73. The van der Waals surface area contributed by atoms with Crippen molar-refractivity contribution < 1.29 is 14.3 Å². The van der Waals surface area contributed by atoms with Crippen molar-refractivity contribution in [1.29, 1.82) is 0 Å². The molecule has 2 N–H and O–H groups in total. The van der Waals surface area contributed by atoms with Crippen LogP contribution in [0.2, 0.25) is 0 Å². The molecule has 0 bridgehead atoms. The predicted octanol–water partition coefficient (Wildman–Crippen LogP) is 2.26. The summed E-state index contributed by atoms with van der Waals surface area (Å²) < 4.78 is 11.7. The van der Waals surface area contributed by atoms with E-state index in [4.69, 9.17) is 15.2 Å². The molecular weight excluding hydrogens is 304 g/mol. The second-order valence-corrected chi connectivity index (χ2v) is 6.73. The minimum atomic E-state index is -0.570. The number of hydrogen-bond acceptors (Lipinski definition) is 4. The van der Waals surface area contributed by atoms with E-state index in [1.807, 2.05) is 35.2 Å². The molecule has 1 aromatic rings. The Morgan fingerprint density at radius 1 is 1.21 bits per heavy atom. The van der Waals surface area contributed by atoms with Crippen molar-refractivity contribution in [1.82, 2.24) is 4.90 Å². The molecule has 5 heteroatoms. The maximum absolute atomic E-state index is 12.6. The van der Waals surface area contributed by atoms with Gasteiger partial charge in [0.25, 0.3) is 0 Å². The lowest BCUT2D eigenvalue weighted by atomic mass is 10.0. The first-order chi connectivity index (χ1) is 11.7. The minimum absolute atomic E-state index is 0.00950. The zero-order valence-corrected chi connectivity index (χ0v) is 14.2. The number of rotatable bonds is 5. The first-order valence-electron chi connectivity index (χ1n) is 9.06. The van der Waals surface area contributed by atoms with Crippen molar-refractivity contribution >= 4 is 5.91 Å². The molecule has 24 heavy (non-hydrogen) atoms. The van der Waals surface area contributed by atoms with Gasteiger partial charge in [0.2, 0.25) is 5.91 Å². The summed E-state index contributed by atoms with van der Waals surface area (Å²) in [6, 6.07) is 9.00. The van der Waals surface area contributed by atoms with E-state index >= 15 is 0 Å². The van der Waals surface area contributed by atoms with Crippen molar-refractivity contribution in [2.45, 2.75) is 50.4 Å². The van der Waals surface area contributed by atoms with Gasteiger partial charge in [0.05, 0.1) is 18.8 Å². The fourth-order valence-corrected chi connectivity index (χ4v) is 3.42. The Kier molecular flexibility index (Phi) is 6.24. The molecule has 0 aromatic heterocycles. The van der Waals surface area contributed by atoms with E-state index in [1.54, 1.807) is 0 Å². The van der Waals surface area contributed by atoms with Crippen LogP contribution in [0, 0.1) is 0 Å². The number of carbonyl (C=O) groups excluding carboxylic acids is 1. The van der Waals surface area contributed by atoms with Crippen molar-refractivity contribution in [3.63, 3.8) is 0 Å². The highest BCUT2D eigenvalue weighted by molar-refractivity contribution is 5.83. The molecule has 0 spiro atoms. The third kappa shape index (κ3) is 4.56. The monoisotopic (exact) mass is 332 g/mol. The largest absolute Gasteiger partial charge is 0.376 e. The van der Waals surface area contributed by atoms with E-state index < -0.39 is 6.04 Å². The van der Waals surface area contributed by atoms with Crippen molar-refractivity contribution in [2.75, 3.05) is 26.3 Å². The number of amides is 1. The van der Waals surface area contributed by atoms with E-state index in [2.05, 4.69) is 0 Å². The average Bonchev–Trinajstić information content (AvgIpc) is 2.67.